The van der Waals surface area contributed by atoms with E-state index in [-0.39, 0.29) is 16.4 Å². The highest BCUT2D eigenvalue weighted by atomic mass is 32.1. The van der Waals surface area contributed by atoms with Gasteiger partial charge in [-0.05, 0) is 12.1 Å². The molecule has 0 unspecified atom stereocenters. The van der Waals surface area contributed by atoms with Crippen molar-refractivity contribution < 1.29 is 24.0 Å². The summed E-state index contributed by atoms with van der Waals surface area (Å²) in [5.74, 6) is -1.87. The number of aromatic carboxylic acids is 1. The van der Waals surface area contributed by atoms with Crippen molar-refractivity contribution in [2.24, 2.45) is 0 Å². The number of hydrogen-bond acceptors (Lipinski definition) is 5. The van der Waals surface area contributed by atoms with Gasteiger partial charge in [0, 0.05) is 11.4 Å². The Morgan fingerprint density at radius 1 is 1.42 bits per heavy atom. The molecule has 0 aliphatic rings. The highest BCUT2D eigenvalue weighted by molar-refractivity contribution is 7.12. The molecule has 0 bridgehead atoms. The average Bonchev–Trinajstić information content (AvgIpc) is 2.80. The van der Waals surface area contributed by atoms with Crippen LogP contribution in [0.25, 0.3) is 0 Å². The van der Waals surface area contributed by atoms with Crippen LogP contribution in [-0.2, 0) is 0 Å². The van der Waals surface area contributed by atoms with Gasteiger partial charge in [-0.15, -0.1) is 11.3 Å². The predicted octanol–water partition coefficient (Wildman–Crippen LogP) is 3.29. The van der Waals surface area contributed by atoms with Crippen molar-refractivity contribution >= 4 is 23.0 Å². The van der Waals surface area contributed by atoms with Crippen molar-refractivity contribution in [1.29, 1.82) is 0 Å². The molecule has 0 fully saturated rings. The van der Waals surface area contributed by atoms with Crippen molar-refractivity contribution in [3.05, 3.63) is 50.5 Å². The summed E-state index contributed by atoms with van der Waals surface area (Å²) >= 11 is 0.926. The summed E-state index contributed by atoms with van der Waals surface area (Å²) in [6.07, 6.45) is 0. The number of ether oxygens (including phenoxy) is 1. The highest BCUT2D eigenvalue weighted by Crippen LogP contribution is 2.33. The number of nitro benzene ring substituents is 1. The first-order chi connectivity index (χ1) is 8.97. The van der Waals surface area contributed by atoms with E-state index in [0.29, 0.717) is 0 Å². The lowest BCUT2D eigenvalue weighted by atomic mass is 10.3. The monoisotopic (exact) mass is 283 g/mol. The van der Waals surface area contributed by atoms with Gasteiger partial charge in [-0.25, -0.2) is 9.18 Å². The molecule has 0 saturated heterocycles. The van der Waals surface area contributed by atoms with Crippen molar-refractivity contribution in [2.45, 2.75) is 0 Å². The number of nitro groups is 1. The van der Waals surface area contributed by atoms with Gasteiger partial charge >= 0.3 is 11.7 Å². The Morgan fingerprint density at radius 2 is 2.16 bits per heavy atom. The van der Waals surface area contributed by atoms with Gasteiger partial charge in [-0.3, -0.25) is 10.1 Å². The van der Waals surface area contributed by atoms with Crippen LogP contribution in [0.1, 0.15) is 9.67 Å². The van der Waals surface area contributed by atoms with Gasteiger partial charge < -0.3 is 9.84 Å². The summed E-state index contributed by atoms with van der Waals surface area (Å²) in [5.41, 5.74) is -0.525. The van der Waals surface area contributed by atoms with Crippen LogP contribution >= 0.6 is 11.3 Å². The Labute approximate surface area is 109 Å². The Hall–Kier alpha value is -2.48. The summed E-state index contributed by atoms with van der Waals surface area (Å²) in [6, 6.07) is 4.11. The van der Waals surface area contributed by atoms with Crippen LogP contribution in [0.3, 0.4) is 0 Å². The normalized spacial score (nSPS) is 10.2. The van der Waals surface area contributed by atoms with E-state index in [4.69, 9.17) is 9.84 Å². The van der Waals surface area contributed by atoms with Gasteiger partial charge in [0.25, 0.3) is 0 Å². The number of rotatable bonds is 4. The Kier molecular flexibility index (Phi) is 3.43. The van der Waals surface area contributed by atoms with Gasteiger partial charge in [-0.2, -0.15) is 0 Å². The van der Waals surface area contributed by atoms with E-state index in [0.717, 1.165) is 29.5 Å². The summed E-state index contributed by atoms with van der Waals surface area (Å²) in [6.45, 7) is 0. The molecule has 0 aliphatic heterocycles. The summed E-state index contributed by atoms with van der Waals surface area (Å²) in [5, 5.41) is 20.9. The molecule has 0 saturated carbocycles. The van der Waals surface area contributed by atoms with E-state index in [2.05, 4.69) is 0 Å². The third kappa shape index (κ3) is 2.86. The zero-order chi connectivity index (χ0) is 14.0. The van der Waals surface area contributed by atoms with E-state index in [1.807, 2.05) is 0 Å². The van der Waals surface area contributed by atoms with Crippen LogP contribution in [-0.4, -0.2) is 16.0 Å². The minimum absolute atomic E-state index is 0.0414. The second kappa shape index (κ2) is 5.02. The van der Waals surface area contributed by atoms with Gasteiger partial charge in [0.05, 0.1) is 11.0 Å². The number of thiophene rings is 1. The molecule has 1 aromatic heterocycles. The second-order valence-electron chi connectivity index (χ2n) is 3.42. The molecule has 0 amide bonds. The zero-order valence-corrected chi connectivity index (χ0v) is 10.0. The molecule has 0 atom stereocenters. The minimum Gasteiger partial charge on any atom is -0.477 e. The summed E-state index contributed by atoms with van der Waals surface area (Å²) in [4.78, 5) is 20.7. The molecule has 1 N–H and O–H groups in total. The molecule has 98 valence electrons. The van der Waals surface area contributed by atoms with Crippen LogP contribution in [0.15, 0.2) is 29.6 Å². The van der Waals surface area contributed by atoms with Crippen LogP contribution in [0.2, 0.25) is 0 Å². The zero-order valence-electron chi connectivity index (χ0n) is 9.20. The number of carboxylic acids is 1. The maximum Gasteiger partial charge on any atom is 0.346 e. The van der Waals surface area contributed by atoms with Crippen molar-refractivity contribution in [1.82, 2.24) is 0 Å². The maximum atomic E-state index is 12.9. The van der Waals surface area contributed by atoms with Crippen LogP contribution in [0, 0.1) is 15.9 Å². The fraction of sp³-hybridized carbons (Fsp3) is 0. The first-order valence-electron chi connectivity index (χ1n) is 4.91. The highest BCUT2D eigenvalue weighted by Gasteiger charge is 2.18. The number of carbonyl (C=O) groups is 1. The number of carboxylic acid groups (broad SMARTS) is 1. The van der Waals surface area contributed by atoms with Crippen LogP contribution in [0.5, 0.6) is 11.5 Å². The molecular formula is C11H6FNO5S. The van der Waals surface area contributed by atoms with Crippen LogP contribution in [0.4, 0.5) is 10.1 Å². The van der Waals surface area contributed by atoms with Crippen molar-refractivity contribution in [3.8, 4) is 11.5 Å². The lowest BCUT2D eigenvalue weighted by Gasteiger charge is -2.03. The number of hydrogen-bond donors (Lipinski definition) is 1. The summed E-state index contributed by atoms with van der Waals surface area (Å²) < 4.78 is 18.1. The molecule has 19 heavy (non-hydrogen) atoms. The fourth-order valence-corrected chi connectivity index (χ4v) is 1.98. The van der Waals surface area contributed by atoms with Crippen LogP contribution < -0.4 is 4.74 Å². The molecule has 0 aliphatic carbocycles. The van der Waals surface area contributed by atoms with E-state index < -0.39 is 22.4 Å². The molecule has 0 spiro atoms. The first kappa shape index (κ1) is 13.0. The molecule has 2 aromatic rings. The number of nitrogens with zero attached hydrogens (tertiary/aromatic N) is 1. The molecule has 8 heteroatoms. The largest absolute Gasteiger partial charge is 0.477 e. The summed E-state index contributed by atoms with van der Waals surface area (Å²) in [7, 11) is 0. The van der Waals surface area contributed by atoms with E-state index in [1.54, 1.807) is 0 Å². The molecule has 2 rings (SSSR count). The SMILES string of the molecule is O=C(O)c1cc(Oc2ccc(F)cc2[N+](=O)[O-])cs1. The standard InChI is InChI=1S/C11H6FNO5S/c12-6-1-2-9(8(3-6)13(16)17)18-7-4-10(11(14)15)19-5-7/h1-5H,(H,14,15). The second-order valence-corrected chi connectivity index (χ2v) is 4.33. The minimum atomic E-state index is -1.12. The Morgan fingerprint density at radius 3 is 2.74 bits per heavy atom. The molecule has 1 heterocycles. The molecule has 0 radical (unpaired) electrons. The predicted molar refractivity (Wildman–Crippen MR) is 64.4 cm³/mol. The van der Waals surface area contributed by atoms with Crippen molar-refractivity contribution in [3.63, 3.8) is 0 Å². The Bertz CT molecular complexity index is 654. The lowest BCUT2D eigenvalue weighted by Crippen LogP contribution is -1.94. The van der Waals surface area contributed by atoms with Gasteiger partial charge in [0.1, 0.15) is 16.4 Å². The van der Waals surface area contributed by atoms with Crippen molar-refractivity contribution in [2.75, 3.05) is 0 Å². The smallest absolute Gasteiger partial charge is 0.346 e. The third-order valence-corrected chi connectivity index (χ3v) is 3.03. The van der Waals surface area contributed by atoms with E-state index >= 15 is 0 Å². The lowest BCUT2D eigenvalue weighted by molar-refractivity contribution is -0.385. The number of benzene rings is 1. The van der Waals surface area contributed by atoms with E-state index in [9.17, 15) is 19.3 Å². The number of halogens is 1. The fourth-order valence-electron chi connectivity index (χ4n) is 1.33. The van der Waals surface area contributed by atoms with Gasteiger partial charge in [0.2, 0.25) is 5.75 Å². The molecule has 6 nitrogen and oxygen atoms in total. The maximum absolute atomic E-state index is 12.9. The van der Waals surface area contributed by atoms with Gasteiger partial charge in [-0.1, -0.05) is 0 Å². The van der Waals surface area contributed by atoms with E-state index in [1.165, 1.54) is 11.4 Å². The topological polar surface area (TPSA) is 89.7 Å². The quantitative estimate of drug-likeness (QED) is 0.686. The molecular weight excluding hydrogens is 277 g/mol. The van der Waals surface area contributed by atoms with Gasteiger partial charge in [0.15, 0.2) is 0 Å². The first-order valence-corrected chi connectivity index (χ1v) is 5.79. The average molecular weight is 283 g/mol. The third-order valence-electron chi connectivity index (χ3n) is 2.13. The Balaban J connectivity index is 2.32. The molecule has 1 aromatic carbocycles.